The molecule has 0 saturated heterocycles. The zero-order valence-corrected chi connectivity index (χ0v) is 12.6. The molecule has 2 N–H and O–H groups in total. The summed E-state index contributed by atoms with van der Waals surface area (Å²) in [6, 6.07) is 4.30. The molecule has 1 heterocycles. The highest BCUT2D eigenvalue weighted by Crippen LogP contribution is 2.31. The highest BCUT2D eigenvalue weighted by molar-refractivity contribution is 5.95. The number of nitrogens with zero attached hydrogens (tertiary/aromatic N) is 1. The minimum Gasteiger partial charge on any atom is -0.380 e. The number of nitrogens with two attached hydrogens (primary N) is 1. The quantitative estimate of drug-likeness (QED) is 0.914. The first-order valence-electron chi connectivity index (χ1n) is 7.20. The number of fused-ring (bicyclic) bond motifs is 1. The van der Waals surface area contributed by atoms with Crippen molar-refractivity contribution in [2.75, 3.05) is 25.1 Å². The third-order valence-electron chi connectivity index (χ3n) is 3.99. The normalized spacial score (nSPS) is 15.9. The molecule has 4 heteroatoms. The van der Waals surface area contributed by atoms with Crippen molar-refractivity contribution < 1.29 is 9.53 Å². The Morgan fingerprint density at radius 1 is 1.45 bits per heavy atom. The van der Waals surface area contributed by atoms with Gasteiger partial charge in [0.05, 0.1) is 12.5 Å². The van der Waals surface area contributed by atoms with E-state index in [1.54, 1.807) is 7.11 Å². The van der Waals surface area contributed by atoms with E-state index in [1.165, 1.54) is 16.7 Å². The van der Waals surface area contributed by atoms with Crippen LogP contribution in [-0.4, -0.2) is 32.2 Å². The summed E-state index contributed by atoms with van der Waals surface area (Å²) < 4.78 is 5.22. The van der Waals surface area contributed by atoms with Gasteiger partial charge in [-0.1, -0.05) is 6.07 Å². The topological polar surface area (TPSA) is 55.6 Å². The number of anilines is 1. The maximum Gasteiger partial charge on any atom is 0.229 e. The minimum absolute atomic E-state index is 0.105. The number of hydrogen-bond acceptors (Lipinski definition) is 3. The molecular weight excluding hydrogens is 252 g/mol. The number of carbonyl (C=O) groups is 1. The Kier molecular flexibility index (Phi) is 4.78. The van der Waals surface area contributed by atoms with Gasteiger partial charge >= 0.3 is 0 Å². The Hall–Kier alpha value is -1.39. The zero-order chi connectivity index (χ0) is 14.7. The molecule has 1 aliphatic rings. The predicted molar refractivity (Wildman–Crippen MR) is 81.1 cm³/mol. The minimum atomic E-state index is -0.196. The van der Waals surface area contributed by atoms with Gasteiger partial charge in [-0.3, -0.25) is 4.79 Å². The molecule has 20 heavy (non-hydrogen) atoms. The molecule has 1 aromatic carbocycles. The van der Waals surface area contributed by atoms with Crippen LogP contribution in [0.5, 0.6) is 0 Å². The molecule has 1 atom stereocenters. The molecule has 4 nitrogen and oxygen atoms in total. The van der Waals surface area contributed by atoms with Crippen molar-refractivity contribution in [2.45, 2.75) is 39.2 Å². The van der Waals surface area contributed by atoms with Gasteiger partial charge in [0.15, 0.2) is 0 Å². The number of aryl methyl sites for hydroxylation is 2. The van der Waals surface area contributed by atoms with Crippen LogP contribution in [0.1, 0.15) is 29.5 Å². The van der Waals surface area contributed by atoms with Crippen LogP contribution in [0.2, 0.25) is 0 Å². The Balaban J connectivity index is 2.26. The van der Waals surface area contributed by atoms with Crippen molar-refractivity contribution in [1.29, 1.82) is 0 Å². The van der Waals surface area contributed by atoms with Gasteiger partial charge in [0.1, 0.15) is 0 Å². The first-order chi connectivity index (χ1) is 9.56. The molecule has 1 amide bonds. The fraction of sp³-hybridized carbons (Fsp3) is 0.562. The Bertz CT molecular complexity index is 495. The van der Waals surface area contributed by atoms with Gasteiger partial charge in [0, 0.05) is 25.9 Å². The smallest absolute Gasteiger partial charge is 0.229 e. The highest BCUT2D eigenvalue weighted by Gasteiger charge is 2.25. The second-order valence-electron chi connectivity index (χ2n) is 5.53. The molecular formula is C16H24N2O2. The molecule has 1 aromatic rings. The molecule has 0 bridgehead atoms. The third kappa shape index (κ3) is 3.02. The summed E-state index contributed by atoms with van der Waals surface area (Å²) in [5, 5.41) is 0. The van der Waals surface area contributed by atoms with Crippen molar-refractivity contribution in [2.24, 2.45) is 5.73 Å². The Morgan fingerprint density at radius 2 is 2.20 bits per heavy atom. The largest absolute Gasteiger partial charge is 0.380 e. The molecule has 1 unspecified atom stereocenters. The summed E-state index contributed by atoms with van der Waals surface area (Å²) >= 11 is 0. The van der Waals surface area contributed by atoms with Gasteiger partial charge in [0.25, 0.3) is 0 Å². The van der Waals surface area contributed by atoms with E-state index in [4.69, 9.17) is 10.5 Å². The van der Waals surface area contributed by atoms with Crippen molar-refractivity contribution in [3.8, 4) is 0 Å². The Morgan fingerprint density at radius 3 is 2.85 bits per heavy atom. The van der Waals surface area contributed by atoms with Crippen LogP contribution in [0.3, 0.4) is 0 Å². The lowest BCUT2D eigenvalue weighted by molar-refractivity contribution is -0.120. The van der Waals surface area contributed by atoms with E-state index >= 15 is 0 Å². The van der Waals surface area contributed by atoms with Crippen LogP contribution in [0, 0.1) is 13.8 Å². The molecule has 1 aliphatic heterocycles. The SMILES string of the molecule is COC(CN)CC(=O)N1CCCc2c(C)cc(C)cc21. The van der Waals surface area contributed by atoms with Crippen LogP contribution >= 0.6 is 0 Å². The summed E-state index contributed by atoms with van der Waals surface area (Å²) in [4.78, 5) is 14.4. The molecule has 0 radical (unpaired) electrons. The monoisotopic (exact) mass is 276 g/mol. The molecule has 110 valence electrons. The summed E-state index contributed by atoms with van der Waals surface area (Å²) in [5.74, 6) is 0.105. The third-order valence-corrected chi connectivity index (χ3v) is 3.99. The second-order valence-corrected chi connectivity index (χ2v) is 5.53. The maximum absolute atomic E-state index is 12.5. The van der Waals surface area contributed by atoms with Gasteiger partial charge < -0.3 is 15.4 Å². The average Bonchev–Trinajstić information content (AvgIpc) is 2.43. The van der Waals surface area contributed by atoms with Crippen LogP contribution < -0.4 is 10.6 Å². The second kappa shape index (κ2) is 6.37. The van der Waals surface area contributed by atoms with Crippen LogP contribution in [0.4, 0.5) is 5.69 Å². The van der Waals surface area contributed by atoms with Gasteiger partial charge in [-0.25, -0.2) is 0 Å². The number of carbonyl (C=O) groups excluding carboxylic acids is 1. The molecule has 0 spiro atoms. The van der Waals surface area contributed by atoms with Crippen LogP contribution in [0.15, 0.2) is 12.1 Å². The fourth-order valence-electron chi connectivity index (χ4n) is 2.90. The van der Waals surface area contributed by atoms with Gasteiger partial charge in [-0.05, 0) is 49.4 Å². The summed E-state index contributed by atoms with van der Waals surface area (Å²) in [6.07, 6.45) is 2.22. The maximum atomic E-state index is 12.5. The van der Waals surface area contributed by atoms with E-state index in [0.29, 0.717) is 13.0 Å². The van der Waals surface area contributed by atoms with Crippen LogP contribution in [-0.2, 0) is 16.0 Å². The summed E-state index contributed by atoms with van der Waals surface area (Å²) in [6.45, 7) is 5.35. The lowest BCUT2D eigenvalue weighted by Gasteiger charge is -2.32. The van der Waals surface area contributed by atoms with Crippen molar-refractivity contribution in [3.05, 3.63) is 28.8 Å². The molecule has 0 fully saturated rings. The van der Waals surface area contributed by atoms with Gasteiger partial charge in [0.2, 0.25) is 5.91 Å². The van der Waals surface area contributed by atoms with Crippen LogP contribution in [0.25, 0.3) is 0 Å². The lowest BCUT2D eigenvalue weighted by Crippen LogP contribution is -2.39. The average molecular weight is 276 g/mol. The number of ether oxygens (including phenoxy) is 1. The van der Waals surface area contributed by atoms with E-state index in [1.807, 2.05) is 4.90 Å². The predicted octanol–water partition coefficient (Wildman–Crippen LogP) is 1.95. The zero-order valence-electron chi connectivity index (χ0n) is 12.6. The number of benzene rings is 1. The van der Waals surface area contributed by atoms with E-state index in [2.05, 4.69) is 26.0 Å². The van der Waals surface area contributed by atoms with E-state index in [0.717, 1.165) is 25.1 Å². The standard InChI is InChI=1S/C16H24N2O2/c1-11-7-12(2)14-5-4-6-18(15(14)8-11)16(19)9-13(10-17)20-3/h7-8,13H,4-6,9-10,17H2,1-3H3. The van der Waals surface area contributed by atoms with E-state index < -0.39 is 0 Å². The first kappa shape index (κ1) is 15.0. The number of hydrogen-bond donors (Lipinski definition) is 1. The van der Waals surface area contributed by atoms with Gasteiger partial charge in [-0.2, -0.15) is 0 Å². The molecule has 0 aromatic heterocycles. The highest BCUT2D eigenvalue weighted by atomic mass is 16.5. The number of methoxy groups -OCH3 is 1. The summed E-state index contributed by atoms with van der Waals surface area (Å²) in [5.41, 5.74) is 10.5. The van der Waals surface area contributed by atoms with Crippen molar-refractivity contribution in [3.63, 3.8) is 0 Å². The van der Waals surface area contributed by atoms with E-state index in [9.17, 15) is 4.79 Å². The van der Waals surface area contributed by atoms with E-state index in [-0.39, 0.29) is 12.0 Å². The molecule has 0 saturated carbocycles. The lowest BCUT2D eigenvalue weighted by atomic mass is 9.94. The molecule has 2 rings (SSSR count). The fourth-order valence-corrected chi connectivity index (χ4v) is 2.90. The summed E-state index contributed by atoms with van der Waals surface area (Å²) in [7, 11) is 1.60. The number of rotatable bonds is 4. The Labute approximate surface area is 120 Å². The van der Waals surface area contributed by atoms with Gasteiger partial charge in [-0.15, -0.1) is 0 Å². The first-order valence-corrected chi connectivity index (χ1v) is 7.20. The van der Waals surface area contributed by atoms with Crippen molar-refractivity contribution >= 4 is 11.6 Å². The number of amides is 1. The van der Waals surface area contributed by atoms with Crippen molar-refractivity contribution in [1.82, 2.24) is 0 Å². The molecule has 0 aliphatic carbocycles.